The van der Waals surface area contributed by atoms with Gasteiger partial charge in [0.05, 0.1) is 26.2 Å². The van der Waals surface area contributed by atoms with E-state index in [1.807, 2.05) is 30.3 Å². The minimum atomic E-state index is -0.109. The van der Waals surface area contributed by atoms with Crippen LogP contribution in [0.4, 0.5) is 0 Å². The van der Waals surface area contributed by atoms with Crippen molar-refractivity contribution in [2.24, 2.45) is 10.9 Å². The van der Waals surface area contributed by atoms with E-state index in [0.29, 0.717) is 19.8 Å². The summed E-state index contributed by atoms with van der Waals surface area (Å²) < 4.78 is 10.8. The van der Waals surface area contributed by atoms with Crippen LogP contribution in [-0.4, -0.2) is 44.1 Å². The number of carbonyl (C=O) groups excluding carboxylic acids is 1. The van der Waals surface area contributed by atoms with Crippen molar-refractivity contribution in [3.63, 3.8) is 0 Å². The molecule has 0 amide bonds. The van der Waals surface area contributed by atoms with Crippen LogP contribution >= 0.6 is 24.0 Å². The highest BCUT2D eigenvalue weighted by atomic mass is 127. The molecule has 2 aromatic rings. The molecule has 1 N–H and O–H groups in total. The fraction of sp³-hybridized carbons (Fsp3) is 0.417. The van der Waals surface area contributed by atoms with E-state index < -0.39 is 0 Å². The lowest BCUT2D eigenvalue weighted by Crippen LogP contribution is -2.46. The van der Waals surface area contributed by atoms with Crippen LogP contribution in [0.1, 0.15) is 29.5 Å². The van der Waals surface area contributed by atoms with Crippen LogP contribution in [0.25, 0.3) is 0 Å². The lowest BCUT2D eigenvalue weighted by Gasteiger charge is -2.33. The second kappa shape index (κ2) is 13.3. The number of hydrogen-bond acceptors (Lipinski definition) is 4. The number of nitrogens with one attached hydrogen (secondary N) is 1. The Morgan fingerprint density at radius 3 is 2.32 bits per heavy atom. The summed E-state index contributed by atoms with van der Waals surface area (Å²) in [6.07, 6.45) is 1.58. The molecule has 31 heavy (non-hydrogen) atoms. The Labute approximate surface area is 202 Å². The zero-order chi connectivity index (χ0) is 21.2. The molecule has 0 unspecified atom stereocenters. The van der Waals surface area contributed by atoms with Crippen molar-refractivity contribution >= 4 is 35.9 Å². The number of methoxy groups -OCH3 is 1. The maximum atomic E-state index is 11.7. The number of benzene rings is 2. The van der Waals surface area contributed by atoms with Gasteiger partial charge in [-0.3, -0.25) is 9.79 Å². The smallest absolute Gasteiger partial charge is 0.308 e. The molecule has 0 aromatic heterocycles. The number of piperidine rings is 1. The van der Waals surface area contributed by atoms with E-state index in [1.165, 1.54) is 23.8 Å². The minimum Gasteiger partial charge on any atom is -0.469 e. The number of halogens is 1. The van der Waals surface area contributed by atoms with Gasteiger partial charge in [0.2, 0.25) is 0 Å². The van der Waals surface area contributed by atoms with Crippen LogP contribution < -0.4 is 5.32 Å². The normalized spacial score (nSPS) is 14.6. The van der Waals surface area contributed by atoms with Gasteiger partial charge in [0.15, 0.2) is 5.96 Å². The number of rotatable bonds is 7. The molecular formula is C24H32IN3O3. The summed E-state index contributed by atoms with van der Waals surface area (Å²) in [4.78, 5) is 18.4. The van der Waals surface area contributed by atoms with E-state index in [2.05, 4.69) is 39.5 Å². The van der Waals surface area contributed by atoms with E-state index in [9.17, 15) is 4.79 Å². The molecule has 0 aliphatic carbocycles. The molecule has 0 atom stereocenters. The van der Waals surface area contributed by atoms with Gasteiger partial charge in [0, 0.05) is 26.7 Å². The summed E-state index contributed by atoms with van der Waals surface area (Å²) in [5.74, 6) is 0.743. The van der Waals surface area contributed by atoms with E-state index in [-0.39, 0.29) is 35.9 Å². The highest BCUT2D eigenvalue weighted by Crippen LogP contribution is 2.19. The molecule has 0 spiro atoms. The van der Waals surface area contributed by atoms with E-state index in [1.54, 1.807) is 7.05 Å². The van der Waals surface area contributed by atoms with Crippen molar-refractivity contribution in [3.05, 3.63) is 71.3 Å². The minimum absolute atomic E-state index is 0. The molecule has 0 saturated carbocycles. The molecule has 1 saturated heterocycles. The summed E-state index contributed by atoms with van der Waals surface area (Å²) in [6, 6.07) is 18.5. The fourth-order valence-electron chi connectivity index (χ4n) is 3.72. The van der Waals surface area contributed by atoms with Crippen molar-refractivity contribution in [1.29, 1.82) is 0 Å². The highest BCUT2D eigenvalue weighted by molar-refractivity contribution is 14.0. The number of likely N-dealkylation sites (tertiary alicyclic amines) is 1. The topological polar surface area (TPSA) is 63.2 Å². The maximum Gasteiger partial charge on any atom is 0.308 e. The van der Waals surface area contributed by atoms with Crippen molar-refractivity contribution in [2.75, 3.05) is 27.2 Å². The highest BCUT2D eigenvalue weighted by Gasteiger charge is 2.26. The van der Waals surface area contributed by atoms with Gasteiger partial charge in [-0.25, -0.2) is 0 Å². The average Bonchev–Trinajstić information content (AvgIpc) is 2.81. The van der Waals surface area contributed by atoms with Gasteiger partial charge < -0.3 is 19.7 Å². The summed E-state index contributed by atoms with van der Waals surface area (Å²) in [5.41, 5.74) is 3.53. The first-order valence-corrected chi connectivity index (χ1v) is 10.4. The third-order valence-electron chi connectivity index (χ3n) is 5.47. The monoisotopic (exact) mass is 537 g/mol. The number of guanidine groups is 1. The predicted octanol–water partition coefficient (Wildman–Crippen LogP) is 3.98. The summed E-state index contributed by atoms with van der Waals surface area (Å²) >= 11 is 0. The second-order valence-corrected chi connectivity index (χ2v) is 7.43. The molecule has 7 heteroatoms. The third kappa shape index (κ3) is 7.50. The van der Waals surface area contributed by atoms with Gasteiger partial charge in [-0.15, -0.1) is 24.0 Å². The number of carbonyl (C=O) groups is 1. The van der Waals surface area contributed by atoms with Crippen LogP contribution in [0.3, 0.4) is 0 Å². The molecular weight excluding hydrogens is 505 g/mol. The number of ether oxygens (including phenoxy) is 2. The van der Waals surface area contributed by atoms with Gasteiger partial charge >= 0.3 is 5.97 Å². The summed E-state index contributed by atoms with van der Waals surface area (Å²) in [5, 5.41) is 3.47. The average molecular weight is 537 g/mol. The molecule has 1 heterocycles. The fourth-order valence-corrected chi connectivity index (χ4v) is 3.72. The molecule has 2 aromatic carbocycles. The number of hydrogen-bond donors (Lipinski definition) is 1. The lowest BCUT2D eigenvalue weighted by molar-refractivity contribution is -0.146. The Morgan fingerprint density at radius 2 is 1.68 bits per heavy atom. The molecule has 168 valence electrons. The van der Waals surface area contributed by atoms with Crippen molar-refractivity contribution in [1.82, 2.24) is 10.2 Å². The third-order valence-corrected chi connectivity index (χ3v) is 5.47. The molecule has 1 aliphatic rings. The van der Waals surface area contributed by atoms with Gasteiger partial charge in [0.25, 0.3) is 0 Å². The SMILES string of the molecule is CN=C(NCc1ccccc1COCc1ccccc1)N1CCC(C(=O)OC)CC1.I. The zero-order valence-corrected chi connectivity index (χ0v) is 20.6. The number of aliphatic imine (C=N–C) groups is 1. The Kier molecular flexibility index (Phi) is 10.8. The Bertz CT molecular complexity index is 837. The predicted molar refractivity (Wildman–Crippen MR) is 133 cm³/mol. The Balaban J connectivity index is 0.00000341. The van der Waals surface area contributed by atoms with Gasteiger partial charge in [-0.1, -0.05) is 54.6 Å². The number of esters is 1. The molecule has 0 bridgehead atoms. The van der Waals surface area contributed by atoms with E-state index in [0.717, 1.165) is 31.9 Å². The van der Waals surface area contributed by atoms with Gasteiger partial charge in [0.1, 0.15) is 0 Å². The van der Waals surface area contributed by atoms with Crippen LogP contribution in [0.5, 0.6) is 0 Å². The molecule has 1 fully saturated rings. The largest absolute Gasteiger partial charge is 0.469 e. The van der Waals surface area contributed by atoms with Crippen LogP contribution in [0.2, 0.25) is 0 Å². The Hall–Kier alpha value is -2.13. The van der Waals surface area contributed by atoms with E-state index >= 15 is 0 Å². The first kappa shape index (κ1) is 25.1. The lowest BCUT2D eigenvalue weighted by atomic mass is 9.97. The summed E-state index contributed by atoms with van der Waals surface area (Å²) in [7, 11) is 3.25. The van der Waals surface area contributed by atoms with Gasteiger partial charge in [-0.05, 0) is 29.5 Å². The van der Waals surface area contributed by atoms with Crippen molar-refractivity contribution in [3.8, 4) is 0 Å². The zero-order valence-electron chi connectivity index (χ0n) is 18.3. The van der Waals surface area contributed by atoms with Crippen molar-refractivity contribution < 1.29 is 14.3 Å². The molecule has 0 radical (unpaired) electrons. The van der Waals surface area contributed by atoms with E-state index in [4.69, 9.17) is 9.47 Å². The number of nitrogens with zero attached hydrogens (tertiary/aromatic N) is 2. The van der Waals surface area contributed by atoms with Gasteiger partial charge in [-0.2, -0.15) is 0 Å². The second-order valence-electron chi connectivity index (χ2n) is 7.43. The maximum absolute atomic E-state index is 11.7. The Morgan fingerprint density at radius 1 is 1.03 bits per heavy atom. The molecule has 1 aliphatic heterocycles. The summed E-state index contributed by atoms with van der Waals surface area (Å²) in [6.45, 7) is 3.42. The molecule has 3 rings (SSSR count). The van der Waals surface area contributed by atoms with Crippen LogP contribution in [-0.2, 0) is 34.0 Å². The van der Waals surface area contributed by atoms with Crippen molar-refractivity contribution in [2.45, 2.75) is 32.6 Å². The van der Waals surface area contributed by atoms with Crippen LogP contribution in [0.15, 0.2) is 59.6 Å². The quantitative estimate of drug-likeness (QED) is 0.251. The first-order valence-electron chi connectivity index (χ1n) is 10.4. The first-order chi connectivity index (χ1) is 14.7. The standard InChI is InChI=1S/C24H31N3O3.HI/c1-25-24(27-14-12-20(13-15-27)23(28)29-2)26-16-21-10-6-7-11-22(21)18-30-17-19-8-4-3-5-9-19;/h3-11,20H,12-18H2,1-2H3,(H,25,26);1H. The molecule has 6 nitrogen and oxygen atoms in total. The van der Waals surface area contributed by atoms with Crippen LogP contribution in [0, 0.1) is 5.92 Å².